The van der Waals surface area contributed by atoms with E-state index in [1.54, 1.807) is 46.8 Å². The van der Waals surface area contributed by atoms with Crippen LogP contribution < -0.4 is 0 Å². The van der Waals surface area contributed by atoms with Gasteiger partial charge < -0.3 is 4.90 Å². The van der Waals surface area contributed by atoms with Crippen LogP contribution in [0.2, 0.25) is 0 Å². The summed E-state index contributed by atoms with van der Waals surface area (Å²) < 4.78 is 26.6. The Morgan fingerprint density at radius 2 is 1.86 bits per heavy atom. The van der Waals surface area contributed by atoms with E-state index in [4.69, 9.17) is 0 Å². The molecule has 1 saturated heterocycles. The zero-order valence-corrected chi connectivity index (χ0v) is 13.4. The number of aromatic nitrogens is 1. The standard InChI is InChI=1S/C14H15N3O3S2/c18-14(12-4-1-2-6-15-12)16-7-9-17(10-8-16)22(19,20)13-5-3-11-21-13/h1-6,11H,7-10H2. The zero-order valence-electron chi connectivity index (χ0n) is 11.8. The number of piperazine rings is 1. The predicted molar refractivity (Wildman–Crippen MR) is 83.2 cm³/mol. The van der Waals surface area contributed by atoms with E-state index in [1.807, 2.05) is 0 Å². The SMILES string of the molecule is O=C(c1ccccn1)N1CCN(S(=O)(=O)c2cccs2)CC1. The van der Waals surface area contributed by atoms with Crippen molar-refractivity contribution < 1.29 is 13.2 Å². The summed E-state index contributed by atoms with van der Waals surface area (Å²) in [6, 6.07) is 8.50. The fraction of sp³-hybridized carbons (Fsp3) is 0.286. The Labute approximate surface area is 133 Å². The Balaban J connectivity index is 1.67. The van der Waals surface area contributed by atoms with Gasteiger partial charge in [0.15, 0.2) is 0 Å². The molecule has 0 radical (unpaired) electrons. The number of hydrogen-bond acceptors (Lipinski definition) is 5. The molecule has 0 unspecified atom stereocenters. The first kappa shape index (κ1) is 15.1. The molecule has 0 bridgehead atoms. The van der Waals surface area contributed by atoms with Crippen LogP contribution in [0.3, 0.4) is 0 Å². The molecule has 2 aromatic rings. The molecule has 0 aromatic carbocycles. The summed E-state index contributed by atoms with van der Waals surface area (Å²) in [5.74, 6) is -0.159. The minimum Gasteiger partial charge on any atom is -0.335 e. The number of sulfonamides is 1. The van der Waals surface area contributed by atoms with Crippen molar-refractivity contribution in [3.8, 4) is 0 Å². The van der Waals surface area contributed by atoms with Gasteiger partial charge in [0, 0.05) is 32.4 Å². The van der Waals surface area contributed by atoms with Crippen molar-refractivity contribution in [2.75, 3.05) is 26.2 Å². The number of carbonyl (C=O) groups is 1. The highest BCUT2D eigenvalue weighted by molar-refractivity contribution is 7.91. The van der Waals surface area contributed by atoms with Gasteiger partial charge in [0.25, 0.3) is 15.9 Å². The van der Waals surface area contributed by atoms with E-state index in [-0.39, 0.29) is 5.91 Å². The molecule has 1 aliphatic heterocycles. The van der Waals surface area contributed by atoms with Crippen LogP contribution in [0.5, 0.6) is 0 Å². The third-order valence-electron chi connectivity index (χ3n) is 3.50. The van der Waals surface area contributed by atoms with Crippen LogP contribution in [0.15, 0.2) is 46.1 Å². The van der Waals surface area contributed by atoms with E-state index in [1.165, 1.54) is 15.6 Å². The van der Waals surface area contributed by atoms with Gasteiger partial charge in [-0.25, -0.2) is 8.42 Å². The molecule has 3 rings (SSSR count). The van der Waals surface area contributed by atoms with Gasteiger partial charge in [0.1, 0.15) is 9.90 Å². The molecule has 2 aromatic heterocycles. The van der Waals surface area contributed by atoms with E-state index in [2.05, 4.69) is 4.98 Å². The third-order valence-corrected chi connectivity index (χ3v) is 6.77. The summed E-state index contributed by atoms with van der Waals surface area (Å²) >= 11 is 1.21. The number of amides is 1. The lowest BCUT2D eigenvalue weighted by Crippen LogP contribution is -2.50. The van der Waals surface area contributed by atoms with Crippen molar-refractivity contribution in [3.63, 3.8) is 0 Å². The second-order valence-electron chi connectivity index (χ2n) is 4.84. The first-order valence-corrected chi connectivity index (χ1v) is 9.15. The van der Waals surface area contributed by atoms with Gasteiger partial charge in [0.05, 0.1) is 0 Å². The van der Waals surface area contributed by atoms with Gasteiger partial charge in [-0.05, 0) is 23.6 Å². The second-order valence-corrected chi connectivity index (χ2v) is 7.96. The summed E-state index contributed by atoms with van der Waals surface area (Å²) in [6.45, 7) is 1.36. The quantitative estimate of drug-likeness (QED) is 0.846. The van der Waals surface area contributed by atoms with E-state index in [0.29, 0.717) is 36.1 Å². The predicted octanol–water partition coefficient (Wildman–Crippen LogP) is 1.29. The molecule has 1 amide bonds. The molecule has 1 fully saturated rings. The topological polar surface area (TPSA) is 70.6 Å². The summed E-state index contributed by atoms with van der Waals surface area (Å²) in [5, 5.41) is 1.74. The molecule has 116 valence electrons. The molecular weight excluding hydrogens is 322 g/mol. The monoisotopic (exact) mass is 337 g/mol. The first-order valence-electron chi connectivity index (χ1n) is 6.83. The molecule has 22 heavy (non-hydrogen) atoms. The zero-order chi connectivity index (χ0) is 15.6. The number of nitrogens with zero attached hydrogens (tertiary/aromatic N) is 3. The third kappa shape index (κ3) is 2.90. The highest BCUT2D eigenvalue weighted by Crippen LogP contribution is 2.22. The maximum Gasteiger partial charge on any atom is 0.272 e. The van der Waals surface area contributed by atoms with Gasteiger partial charge in [-0.2, -0.15) is 4.31 Å². The average Bonchev–Trinajstić information content (AvgIpc) is 3.10. The molecular formula is C14H15N3O3S2. The van der Waals surface area contributed by atoms with Gasteiger partial charge in [-0.1, -0.05) is 12.1 Å². The summed E-state index contributed by atoms with van der Waals surface area (Å²) in [6.07, 6.45) is 1.57. The Bertz CT molecular complexity index is 737. The summed E-state index contributed by atoms with van der Waals surface area (Å²) in [4.78, 5) is 18.0. The molecule has 8 heteroatoms. The molecule has 0 N–H and O–H groups in total. The van der Waals surface area contributed by atoms with Crippen LogP contribution in [0.1, 0.15) is 10.5 Å². The van der Waals surface area contributed by atoms with E-state index < -0.39 is 10.0 Å². The Morgan fingerprint density at radius 1 is 1.09 bits per heavy atom. The Hall–Kier alpha value is -1.77. The molecule has 0 spiro atoms. The number of hydrogen-bond donors (Lipinski definition) is 0. The smallest absolute Gasteiger partial charge is 0.272 e. The largest absolute Gasteiger partial charge is 0.335 e. The Morgan fingerprint density at radius 3 is 2.45 bits per heavy atom. The van der Waals surface area contributed by atoms with E-state index >= 15 is 0 Å². The van der Waals surface area contributed by atoms with Crippen molar-refractivity contribution in [2.24, 2.45) is 0 Å². The molecule has 0 atom stereocenters. The lowest BCUT2D eigenvalue weighted by atomic mass is 10.3. The van der Waals surface area contributed by atoms with Crippen molar-refractivity contribution in [1.82, 2.24) is 14.2 Å². The van der Waals surface area contributed by atoms with Crippen LogP contribution in [-0.4, -0.2) is 54.7 Å². The number of rotatable bonds is 3. The van der Waals surface area contributed by atoms with Crippen molar-refractivity contribution in [2.45, 2.75) is 4.21 Å². The summed E-state index contributed by atoms with van der Waals surface area (Å²) in [7, 11) is -3.43. The van der Waals surface area contributed by atoms with Crippen LogP contribution in [-0.2, 0) is 10.0 Å². The molecule has 6 nitrogen and oxygen atoms in total. The van der Waals surface area contributed by atoms with Crippen LogP contribution >= 0.6 is 11.3 Å². The highest BCUT2D eigenvalue weighted by Gasteiger charge is 2.31. The van der Waals surface area contributed by atoms with Crippen molar-refractivity contribution in [3.05, 3.63) is 47.6 Å². The maximum atomic E-state index is 12.4. The maximum absolute atomic E-state index is 12.4. The lowest BCUT2D eigenvalue weighted by Gasteiger charge is -2.33. The minimum absolute atomic E-state index is 0.159. The number of carbonyl (C=O) groups excluding carboxylic acids is 1. The van der Waals surface area contributed by atoms with Crippen molar-refractivity contribution >= 4 is 27.3 Å². The normalized spacial score (nSPS) is 16.6. The first-order chi connectivity index (χ1) is 10.6. The van der Waals surface area contributed by atoms with Crippen LogP contribution in [0.25, 0.3) is 0 Å². The van der Waals surface area contributed by atoms with Gasteiger partial charge in [-0.3, -0.25) is 9.78 Å². The molecule has 1 aliphatic rings. The number of pyridine rings is 1. The number of thiophene rings is 1. The lowest BCUT2D eigenvalue weighted by molar-refractivity contribution is 0.0692. The van der Waals surface area contributed by atoms with E-state index in [9.17, 15) is 13.2 Å². The highest BCUT2D eigenvalue weighted by atomic mass is 32.2. The van der Waals surface area contributed by atoms with Gasteiger partial charge >= 0.3 is 0 Å². The van der Waals surface area contributed by atoms with E-state index in [0.717, 1.165) is 0 Å². The van der Waals surface area contributed by atoms with Gasteiger partial charge in [0.2, 0.25) is 0 Å². The molecule has 0 saturated carbocycles. The minimum atomic E-state index is -3.43. The molecule has 0 aliphatic carbocycles. The fourth-order valence-electron chi connectivity index (χ4n) is 2.32. The Kier molecular flexibility index (Phi) is 4.23. The van der Waals surface area contributed by atoms with Crippen LogP contribution in [0, 0.1) is 0 Å². The summed E-state index contributed by atoms with van der Waals surface area (Å²) in [5.41, 5.74) is 0.386. The average molecular weight is 337 g/mol. The fourth-order valence-corrected chi connectivity index (χ4v) is 4.89. The second kappa shape index (κ2) is 6.15. The van der Waals surface area contributed by atoms with Crippen LogP contribution in [0.4, 0.5) is 0 Å². The van der Waals surface area contributed by atoms with Gasteiger partial charge in [-0.15, -0.1) is 11.3 Å². The molecule has 3 heterocycles. The van der Waals surface area contributed by atoms with Crippen molar-refractivity contribution in [1.29, 1.82) is 0 Å².